The topological polar surface area (TPSA) is 38.3 Å². The lowest BCUT2D eigenvalue weighted by atomic mass is 10.1. The molecule has 0 heterocycles. The van der Waals surface area contributed by atoms with E-state index in [2.05, 4.69) is 9.46 Å². The van der Waals surface area contributed by atoms with E-state index in [0.29, 0.717) is 0 Å². The summed E-state index contributed by atoms with van der Waals surface area (Å²) in [4.78, 5) is 0. The quantitative estimate of drug-likeness (QED) is 0.801. The molecule has 3 nitrogen and oxygen atoms in total. The van der Waals surface area contributed by atoms with E-state index >= 15 is 0 Å². The number of rotatable bonds is 6. The summed E-state index contributed by atoms with van der Waals surface area (Å²) in [5, 5.41) is 0. The van der Waals surface area contributed by atoms with Gasteiger partial charge < -0.3 is 4.74 Å². The van der Waals surface area contributed by atoms with Crippen LogP contribution < -0.4 is 9.46 Å². The molecule has 1 aromatic carbocycles. The van der Waals surface area contributed by atoms with E-state index in [9.17, 15) is 21.8 Å². The van der Waals surface area contributed by atoms with Gasteiger partial charge in [0, 0.05) is 6.04 Å². The first-order chi connectivity index (χ1) is 10.0. The number of ether oxygens (including phenoxy) is 1. The van der Waals surface area contributed by atoms with Gasteiger partial charge in [-0.05, 0) is 45.4 Å². The van der Waals surface area contributed by atoms with Gasteiger partial charge in [0.25, 0.3) is 6.43 Å². The van der Waals surface area contributed by atoms with Crippen molar-refractivity contribution in [2.45, 2.75) is 44.9 Å². The second kappa shape index (κ2) is 7.41. The molecule has 0 aliphatic rings. The summed E-state index contributed by atoms with van der Waals surface area (Å²) in [6.07, 6.45) is -2.83. The van der Waals surface area contributed by atoms with E-state index < -0.39 is 52.2 Å². The summed E-state index contributed by atoms with van der Waals surface area (Å²) in [6.45, 7) is 5.77. The second-order valence-electron chi connectivity index (χ2n) is 5.74. The van der Waals surface area contributed by atoms with Crippen molar-refractivity contribution in [2.75, 3.05) is 6.61 Å². The highest BCUT2D eigenvalue weighted by Crippen LogP contribution is 2.27. The summed E-state index contributed by atoms with van der Waals surface area (Å²) in [5.74, 6) is -3.00. The van der Waals surface area contributed by atoms with Crippen molar-refractivity contribution in [3.8, 4) is 5.75 Å². The van der Waals surface area contributed by atoms with Gasteiger partial charge in [-0.25, -0.2) is 26.5 Å². The third kappa shape index (κ3) is 5.24. The van der Waals surface area contributed by atoms with Crippen molar-refractivity contribution in [1.82, 2.24) is 4.72 Å². The number of nitrogens with one attached hydrogen (secondary N) is 1. The molecule has 0 saturated heterocycles. The molecule has 8 heteroatoms. The molecule has 1 aromatic rings. The Morgan fingerprint density at radius 3 is 2.14 bits per heavy atom. The van der Waals surface area contributed by atoms with Gasteiger partial charge >= 0.3 is 0 Å². The Morgan fingerprint density at radius 2 is 1.73 bits per heavy atom. The third-order valence-electron chi connectivity index (χ3n) is 2.71. The molecule has 1 N–H and O–H groups in total. The van der Waals surface area contributed by atoms with Crippen molar-refractivity contribution in [2.24, 2.45) is 0 Å². The Labute approximate surface area is 129 Å². The van der Waals surface area contributed by atoms with Gasteiger partial charge in [-0.3, -0.25) is 0 Å². The number of hydrogen-bond donors (Lipinski definition) is 1. The minimum absolute atomic E-state index is 0.206. The highest BCUT2D eigenvalue weighted by atomic mass is 32.2. The largest absolute Gasteiger partial charge is 0.482 e. The first kappa shape index (κ1) is 18.9. The van der Waals surface area contributed by atoms with Crippen LogP contribution in [-0.4, -0.2) is 22.0 Å². The van der Waals surface area contributed by atoms with Gasteiger partial charge in [-0.15, -0.1) is 0 Å². The Hall–Kier alpha value is -1.15. The van der Waals surface area contributed by atoms with Crippen LogP contribution in [-0.2, 0) is 11.0 Å². The Balaban J connectivity index is 2.91. The van der Waals surface area contributed by atoms with Crippen LogP contribution in [0.5, 0.6) is 5.75 Å². The fourth-order valence-electron chi connectivity index (χ4n) is 1.52. The van der Waals surface area contributed by atoms with Crippen LogP contribution in [0.1, 0.15) is 39.3 Å². The van der Waals surface area contributed by atoms with Gasteiger partial charge in [0.1, 0.15) is 6.61 Å². The molecular formula is C14H19F4NO2S. The summed E-state index contributed by atoms with van der Waals surface area (Å²) in [7, 11) is -1.42. The van der Waals surface area contributed by atoms with Gasteiger partial charge in [0.2, 0.25) is 0 Å². The van der Waals surface area contributed by atoms with E-state index in [1.807, 2.05) is 0 Å². The highest BCUT2D eigenvalue weighted by Gasteiger charge is 2.23. The van der Waals surface area contributed by atoms with Crippen LogP contribution >= 0.6 is 0 Å². The summed E-state index contributed by atoms with van der Waals surface area (Å²) >= 11 is 0. The Kier molecular flexibility index (Phi) is 6.37. The smallest absolute Gasteiger partial charge is 0.272 e. The second-order valence-corrected chi connectivity index (χ2v) is 7.73. The lowest BCUT2D eigenvalue weighted by Crippen LogP contribution is -2.34. The van der Waals surface area contributed by atoms with E-state index in [-0.39, 0.29) is 5.56 Å². The maximum absolute atomic E-state index is 13.8. The van der Waals surface area contributed by atoms with Crippen molar-refractivity contribution >= 4 is 11.0 Å². The van der Waals surface area contributed by atoms with E-state index in [0.717, 1.165) is 12.1 Å². The van der Waals surface area contributed by atoms with E-state index in [1.54, 1.807) is 27.7 Å². The molecular weight excluding hydrogens is 322 g/mol. The lowest BCUT2D eigenvalue weighted by Gasteiger charge is -2.22. The maximum atomic E-state index is 13.8. The van der Waals surface area contributed by atoms with Gasteiger partial charge in [0.05, 0.1) is 15.7 Å². The monoisotopic (exact) mass is 341 g/mol. The summed E-state index contributed by atoms with van der Waals surface area (Å²) in [5.41, 5.74) is 0.206. The van der Waals surface area contributed by atoms with Gasteiger partial charge in [-0.1, -0.05) is 0 Å². The van der Waals surface area contributed by atoms with Crippen LogP contribution in [0.25, 0.3) is 0 Å². The average Bonchev–Trinajstić information content (AvgIpc) is 2.35. The van der Waals surface area contributed by atoms with E-state index in [1.165, 1.54) is 0 Å². The fraction of sp³-hybridized carbons (Fsp3) is 0.571. The number of hydrogen-bond acceptors (Lipinski definition) is 2. The molecule has 0 spiro atoms. The SMILES string of the molecule is C[C@@H](NS(=O)C(C)(C)C)c1cc(F)c(OCC(F)F)c(F)c1. The molecule has 0 bridgehead atoms. The zero-order chi connectivity index (χ0) is 17.1. The van der Waals surface area contributed by atoms with Crippen molar-refractivity contribution in [1.29, 1.82) is 0 Å². The average molecular weight is 341 g/mol. The summed E-state index contributed by atoms with van der Waals surface area (Å²) in [6, 6.07) is 1.36. The molecule has 0 aromatic heterocycles. The molecule has 0 saturated carbocycles. The predicted octanol–water partition coefficient (Wildman–Crippen LogP) is 3.72. The lowest BCUT2D eigenvalue weighted by molar-refractivity contribution is 0.0777. The molecule has 1 unspecified atom stereocenters. The fourth-order valence-corrected chi connectivity index (χ4v) is 2.33. The molecule has 0 aliphatic heterocycles. The number of benzene rings is 1. The van der Waals surface area contributed by atoms with Gasteiger partial charge in [-0.2, -0.15) is 0 Å². The van der Waals surface area contributed by atoms with Crippen LogP contribution in [0, 0.1) is 11.6 Å². The normalized spacial score (nSPS) is 15.0. The third-order valence-corrected chi connectivity index (χ3v) is 4.39. The van der Waals surface area contributed by atoms with Crippen molar-refractivity contribution < 1.29 is 26.5 Å². The van der Waals surface area contributed by atoms with Crippen LogP contribution in [0.15, 0.2) is 12.1 Å². The predicted molar refractivity (Wildman–Crippen MR) is 77.3 cm³/mol. The van der Waals surface area contributed by atoms with Gasteiger partial charge in [0.15, 0.2) is 17.4 Å². The molecule has 0 amide bonds. The molecule has 1 rings (SSSR count). The molecule has 0 aliphatic carbocycles. The summed E-state index contributed by atoms with van der Waals surface area (Å²) < 4.78 is 70.2. The maximum Gasteiger partial charge on any atom is 0.272 e. The van der Waals surface area contributed by atoms with Crippen molar-refractivity contribution in [3.63, 3.8) is 0 Å². The van der Waals surface area contributed by atoms with E-state index in [4.69, 9.17) is 0 Å². The molecule has 0 radical (unpaired) electrons. The van der Waals surface area contributed by atoms with Crippen LogP contribution in [0.2, 0.25) is 0 Å². The Morgan fingerprint density at radius 1 is 1.23 bits per heavy atom. The molecule has 0 fully saturated rings. The molecule has 126 valence electrons. The molecule has 2 atom stereocenters. The van der Waals surface area contributed by atoms with Crippen LogP contribution in [0.4, 0.5) is 17.6 Å². The minimum atomic E-state index is -2.83. The Bertz CT molecular complexity index is 523. The standard InChI is InChI=1S/C14H19F4NO2S/c1-8(19-22(20)14(2,3)4)9-5-10(15)13(11(16)6-9)21-7-12(17)18/h5-6,8,12,19H,7H2,1-4H3/t8-,22?/m1/s1. The number of halogens is 4. The minimum Gasteiger partial charge on any atom is -0.482 e. The van der Waals surface area contributed by atoms with Crippen molar-refractivity contribution in [3.05, 3.63) is 29.3 Å². The molecule has 22 heavy (non-hydrogen) atoms. The first-order valence-corrected chi connectivity index (χ1v) is 7.75. The zero-order valence-electron chi connectivity index (χ0n) is 12.8. The van der Waals surface area contributed by atoms with Crippen LogP contribution in [0.3, 0.4) is 0 Å². The number of alkyl halides is 2. The zero-order valence-corrected chi connectivity index (χ0v) is 13.6. The highest BCUT2D eigenvalue weighted by molar-refractivity contribution is 7.84. The first-order valence-electron chi connectivity index (χ1n) is 6.60.